The molecule has 0 spiro atoms. The molecule has 2 rings (SSSR count). The highest BCUT2D eigenvalue weighted by Crippen LogP contribution is 2.06. The normalized spacial score (nSPS) is 10.6. The van der Waals surface area contributed by atoms with Crippen molar-refractivity contribution in [3.8, 4) is 0 Å². The van der Waals surface area contributed by atoms with Crippen molar-refractivity contribution in [2.24, 2.45) is 0 Å². The monoisotopic (exact) mass is 208 g/mol. The van der Waals surface area contributed by atoms with Gasteiger partial charge in [-0.05, 0) is 11.4 Å². The van der Waals surface area contributed by atoms with Crippen molar-refractivity contribution in [2.75, 3.05) is 6.54 Å². The summed E-state index contributed by atoms with van der Waals surface area (Å²) in [6.07, 6.45) is 2.43. The zero-order valence-electron chi connectivity index (χ0n) is 7.73. The van der Waals surface area contributed by atoms with Gasteiger partial charge in [-0.15, -0.1) is 11.3 Å². The fourth-order valence-electron chi connectivity index (χ4n) is 1.18. The maximum Gasteiger partial charge on any atom is 0.137 e. The molecule has 0 saturated heterocycles. The average molecular weight is 208 g/mol. The molecule has 2 N–H and O–H groups in total. The summed E-state index contributed by atoms with van der Waals surface area (Å²) in [5.41, 5.74) is 0. The summed E-state index contributed by atoms with van der Waals surface area (Å²) in [4.78, 5) is 5.41. The minimum Gasteiger partial charge on any atom is -0.311 e. The molecule has 0 atom stereocenters. The Balaban J connectivity index is 1.65. The van der Waals surface area contributed by atoms with Crippen LogP contribution in [-0.4, -0.2) is 21.7 Å². The van der Waals surface area contributed by atoms with Crippen molar-refractivity contribution >= 4 is 11.3 Å². The minimum atomic E-state index is 0.894. The van der Waals surface area contributed by atoms with E-state index in [1.54, 1.807) is 11.3 Å². The summed E-state index contributed by atoms with van der Waals surface area (Å²) in [5, 5.41) is 12.1. The number of thiophene rings is 1. The van der Waals surface area contributed by atoms with Gasteiger partial charge < -0.3 is 5.32 Å². The van der Waals surface area contributed by atoms with E-state index in [0.29, 0.717) is 0 Å². The second-order valence-corrected chi connectivity index (χ2v) is 3.97. The summed E-state index contributed by atoms with van der Waals surface area (Å²) in [7, 11) is 0. The first-order valence-electron chi connectivity index (χ1n) is 4.52. The van der Waals surface area contributed by atoms with Gasteiger partial charge in [0, 0.05) is 24.4 Å². The maximum atomic E-state index is 4.05. The average Bonchev–Trinajstić information content (AvgIpc) is 2.86. The molecule has 74 valence electrons. The predicted molar refractivity (Wildman–Crippen MR) is 56.1 cm³/mol. The Morgan fingerprint density at radius 2 is 2.50 bits per heavy atom. The predicted octanol–water partition coefficient (Wildman–Crippen LogP) is 1.20. The smallest absolute Gasteiger partial charge is 0.137 e. The van der Waals surface area contributed by atoms with Crippen LogP contribution >= 0.6 is 11.3 Å². The molecule has 0 aliphatic heterocycles. The van der Waals surface area contributed by atoms with Crippen molar-refractivity contribution < 1.29 is 0 Å². The summed E-state index contributed by atoms with van der Waals surface area (Å²) in [6.45, 7) is 1.86. The molecule has 0 radical (unpaired) electrons. The molecular weight excluding hydrogens is 196 g/mol. The third kappa shape index (κ3) is 2.65. The molecule has 2 aromatic rings. The van der Waals surface area contributed by atoms with Gasteiger partial charge in [0.05, 0.1) is 0 Å². The number of aromatic amines is 1. The molecule has 0 amide bonds. The van der Waals surface area contributed by atoms with Gasteiger partial charge in [0.15, 0.2) is 0 Å². The van der Waals surface area contributed by atoms with Crippen LogP contribution in [0.25, 0.3) is 0 Å². The van der Waals surface area contributed by atoms with Gasteiger partial charge in [-0.25, -0.2) is 4.98 Å². The molecule has 0 fully saturated rings. The van der Waals surface area contributed by atoms with Crippen LogP contribution in [0.15, 0.2) is 23.8 Å². The van der Waals surface area contributed by atoms with Crippen molar-refractivity contribution in [1.82, 2.24) is 20.5 Å². The standard InChI is InChI=1S/C9H12N4S/c1-2-8(14-5-1)6-10-4-3-9-11-7-12-13-9/h1-2,5,7,10H,3-4,6H2,(H,11,12,13). The Labute approximate surface area is 86.4 Å². The molecule has 5 heteroatoms. The van der Waals surface area contributed by atoms with E-state index in [1.165, 1.54) is 11.2 Å². The number of aromatic nitrogens is 3. The van der Waals surface area contributed by atoms with Crippen LogP contribution < -0.4 is 5.32 Å². The zero-order valence-corrected chi connectivity index (χ0v) is 8.55. The van der Waals surface area contributed by atoms with E-state index in [9.17, 15) is 0 Å². The third-order valence-corrected chi connectivity index (χ3v) is 2.76. The summed E-state index contributed by atoms with van der Waals surface area (Å²) < 4.78 is 0. The molecule has 0 aliphatic carbocycles. The van der Waals surface area contributed by atoms with Crippen LogP contribution in [0.4, 0.5) is 0 Å². The van der Waals surface area contributed by atoms with Gasteiger partial charge in [0.25, 0.3) is 0 Å². The van der Waals surface area contributed by atoms with Gasteiger partial charge in [-0.2, -0.15) is 5.10 Å². The molecule has 4 nitrogen and oxygen atoms in total. The first-order valence-corrected chi connectivity index (χ1v) is 5.40. The molecule has 0 unspecified atom stereocenters. The third-order valence-electron chi connectivity index (χ3n) is 1.88. The van der Waals surface area contributed by atoms with Crippen molar-refractivity contribution in [3.63, 3.8) is 0 Å². The number of nitrogens with zero attached hydrogens (tertiary/aromatic N) is 2. The van der Waals surface area contributed by atoms with Gasteiger partial charge in [-0.3, -0.25) is 5.10 Å². The van der Waals surface area contributed by atoms with E-state index in [4.69, 9.17) is 0 Å². The topological polar surface area (TPSA) is 53.6 Å². The quantitative estimate of drug-likeness (QED) is 0.726. The Hall–Kier alpha value is -1.20. The lowest BCUT2D eigenvalue weighted by Gasteiger charge is -2.00. The van der Waals surface area contributed by atoms with Crippen LogP contribution in [0.3, 0.4) is 0 Å². The van der Waals surface area contributed by atoms with Gasteiger partial charge in [0.2, 0.25) is 0 Å². The lowest BCUT2D eigenvalue weighted by atomic mass is 10.4. The van der Waals surface area contributed by atoms with Crippen LogP contribution in [0.1, 0.15) is 10.7 Å². The van der Waals surface area contributed by atoms with E-state index < -0.39 is 0 Å². The number of rotatable bonds is 5. The fourth-order valence-corrected chi connectivity index (χ4v) is 1.86. The first kappa shape index (κ1) is 9.36. The van der Waals surface area contributed by atoms with Crippen LogP contribution in [0, 0.1) is 0 Å². The highest BCUT2D eigenvalue weighted by molar-refractivity contribution is 7.09. The molecule has 2 heterocycles. The molecule has 0 bridgehead atoms. The van der Waals surface area contributed by atoms with E-state index in [1.807, 2.05) is 0 Å². The number of hydrogen-bond acceptors (Lipinski definition) is 4. The Morgan fingerprint density at radius 1 is 1.50 bits per heavy atom. The largest absolute Gasteiger partial charge is 0.311 e. The molecule has 0 aromatic carbocycles. The van der Waals surface area contributed by atoms with E-state index >= 15 is 0 Å². The summed E-state index contributed by atoms with van der Waals surface area (Å²) in [6, 6.07) is 4.20. The summed E-state index contributed by atoms with van der Waals surface area (Å²) >= 11 is 1.77. The Morgan fingerprint density at radius 3 is 3.21 bits per heavy atom. The second kappa shape index (κ2) is 4.88. The molecule has 14 heavy (non-hydrogen) atoms. The minimum absolute atomic E-state index is 0.894. The van der Waals surface area contributed by atoms with Gasteiger partial charge in [0.1, 0.15) is 12.2 Å². The molecular formula is C9H12N4S. The fraction of sp³-hybridized carbons (Fsp3) is 0.333. The second-order valence-electron chi connectivity index (χ2n) is 2.94. The van der Waals surface area contributed by atoms with Gasteiger partial charge in [-0.1, -0.05) is 6.07 Å². The van der Waals surface area contributed by atoms with E-state index in [0.717, 1.165) is 25.3 Å². The van der Waals surface area contributed by atoms with Crippen LogP contribution in [0.5, 0.6) is 0 Å². The summed E-state index contributed by atoms with van der Waals surface area (Å²) in [5.74, 6) is 0.934. The molecule has 0 saturated carbocycles. The highest BCUT2D eigenvalue weighted by atomic mass is 32.1. The van der Waals surface area contributed by atoms with E-state index in [2.05, 4.69) is 38.0 Å². The first-order chi connectivity index (χ1) is 6.95. The van der Waals surface area contributed by atoms with Crippen LogP contribution in [-0.2, 0) is 13.0 Å². The lowest BCUT2D eigenvalue weighted by Crippen LogP contribution is -2.16. The SMILES string of the molecule is c1csc(CNCCc2ncn[nH]2)c1. The number of nitrogens with one attached hydrogen (secondary N) is 2. The van der Waals surface area contributed by atoms with Crippen LogP contribution in [0.2, 0.25) is 0 Å². The molecule has 2 aromatic heterocycles. The van der Waals surface area contributed by atoms with Crippen molar-refractivity contribution in [1.29, 1.82) is 0 Å². The Kier molecular flexibility index (Phi) is 3.26. The Bertz CT molecular complexity index is 305. The number of hydrogen-bond donors (Lipinski definition) is 2. The lowest BCUT2D eigenvalue weighted by molar-refractivity contribution is 0.677. The van der Waals surface area contributed by atoms with Crippen molar-refractivity contribution in [2.45, 2.75) is 13.0 Å². The zero-order chi connectivity index (χ0) is 9.64. The molecule has 0 aliphatic rings. The number of H-pyrrole nitrogens is 1. The van der Waals surface area contributed by atoms with E-state index in [-0.39, 0.29) is 0 Å². The van der Waals surface area contributed by atoms with Crippen molar-refractivity contribution in [3.05, 3.63) is 34.5 Å². The maximum absolute atomic E-state index is 4.05. The van der Waals surface area contributed by atoms with Gasteiger partial charge >= 0.3 is 0 Å². The highest BCUT2D eigenvalue weighted by Gasteiger charge is 1.95.